The molecule has 0 unspecified atom stereocenters. The van der Waals surface area contributed by atoms with Gasteiger partial charge in [-0.1, -0.05) is 0 Å². The molecule has 0 atom stereocenters. The molecule has 0 saturated carbocycles. The third kappa shape index (κ3) is 1.84. The van der Waals surface area contributed by atoms with Crippen molar-refractivity contribution in [1.29, 1.82) is 0 Å². The fraction of sp³-hybridized carbons (Fsp3) is 0. The van der Waals surface area contributed by atoms with Crippen LogP contribution in [0.5, 0.6) is 0 Å². The fourth-order valence-electron chi connectivity index (χ4n) is 1.44. The Balaban J connectivity index is 2.02. The van der Waals surface area contributed by atoms with Gasteiger partial charge in [0.15, 0.2) is 0 Å². The summed E-state index contributed by atoms with van der Waals surface area (Å²) in [7, 11) is 0. The fourth-order valence-corrected chi connectivity index (χ4v) is 4.32. The Hall–Kier alpha value is -0.721. The van der Waals surface area contributed by atoms with Crippen LogP contribution in [-0.4, -0.2) is 29.0 Å². The van der Waals surface area contributed by atoms with Gasteiger partial charge < -0.3 is 0 Å². The summed E-state index contributed by atoms with van der Waals surface area (Å²) >= 11 is 0.922. The summed E-state index contributed by atoms with van der Waals surface area (Å²) in [6.45, 7) is 0. The van der Waals surface area contributed by atoms with Crippen LogP contribution in [0.1, 0.15) is 0 Å². The normalized spacial score (nSPS) is 10.7. The zero-order valence-electron chi connectivity index (χ0n) is 7.84. The van der Waals surface area contributed by atoms with E-state index in [2.05, 4.69) is 46.3 Å². The molecule has 0 N–H and O–H groups in total. The average Bonchev–Trinajstić information content (AvgIpc) is 3.02. The molecular formula is C12H8OSe2. The molecule has 0 fully saturated rings. The predicted octanol–water partition coefficient (Wildman–Crippen LogP) is 2.73. The Morgan fingerprint density at radius 2 is 1.27 bits per heavy atom. The Morgan fingerprint density at radius 1 is 0.733 bits per heavy atom. The first-order valence-electron chi connectivity index (χ1n) is 4.61. The predicted molar refractivity (Wildman–Crippen MR) is 63.5 cm³/mol. The van der Waals surface area contributed by atoms with Crippen LogP contribution in [0.25, 0.3) is 20.4 Å². The molecule has 0 aliphatic rings. The maximum atomic E-state index is 5.87. The standard InChI is InChI=1S/C12H8OSe2/c1-3-11(14-7-1)9-5-6-10(13-9)12-4-2-8-15-12/h1-8H. The van der Waals surface area contributed by atoms with Crippen LogP contribution >= 0.6 is 0 Å². The zero-order chi connectivity index (χ0) is 10.1. The molecule has 0 spiro atoms. The van der Waals surface area contributed by atoms with E-state index in [-0.39, 0.29) is 0 Å². The Kier molecular flexibility index (Phi) is 2.55. The van der Waals surface area contributed by atoms with Gasteiger partial charge in [-0.25, -0.2) is 0 Å². The summed E-state index contributed by atoms with van der Waals surface area (Å²) in [5.41, 5.74) is 0. The quantitative estimate of drug-likeness (QED) is 0.660. The number of rotatable bonds is 2. The second-order valence-electron chi connectivity index (χ2n) is 3.12. The van der Waals surface area contributed by atoms with E-state index in [1.165, 1.54) is 8.87 Å². The van der Waals surface area contributed by atoms with E-state index in [1.54, 1.807) is 0 Å². The summed E-state index contributed by atoms with van der Waals surface area (Å²) in [5, 5.41) is 0. The van der Waals surface area contributed by atoms with Crippen molar-refractivity contribution in [2.24, 2.45) is 0 Å². The van der Waals surface area contributed by atoms with E-state index in [9.17, 15) is 0 Å². The molecule has 3 heterocycles. The van der Waals surface area contributed by atoms with Gasteiger partial charge in [0, 0.05) is 0 Å². The van der Waals surface area contributed by atoms with Crippen LogP contribution in [0.15, 0.2) is 50.7 Å². The number of hydrogen-bond acceptors (Lipinski definition) is 1. The van der Waals surface area contributed by atoms with Gasteiger partial charge in [-0.2, -0.15) is 0 Å². The molecule has 0 amide bonds. The van der Waals surface area contributed by atoms with Crippen molar-refractivity contribution in [2.45, 2.75) is 0 Å². The molecule has 0 radical (unpaired) electrons. The van der Waals surface area contributed by atoms with E-state index in [1.807, 2.05) is 0 Å². The molecule has 0 aliphatic heterocycles. The van der Waals surface area contributed by atoms with Crippen molar-refractivity contribution in [1.82, 2.24) is 0 Å². The third-order valence-electron chi connectivity index (χ3n) is 2.13. The van der Waals surface area contributed by atoms with Crippen molar-refractivity contribution in [3.8, 4) is 20.4 Å². The van der Waals surface area contributed by atoms with Crippen LogP contribution in [0, 0.1) is 0 Å². The average molecular weight is 326 g/mol. The summed E-state index contributed by atoms with van der Waals surface area (Å²) in [6, 6.07) is 12.7. The molecule has 0 saturated heterocycles. The van der Waals surface area contributed by atoms with E-state index >= 15 is 0 Å². The Bertz CT molecular complexity index is 483. The van der Waals surface area contributed by atoms with Crippen LogP contribution < -0.4 is 0 Å². The molecule has 15 heavy (non-hydrogen) atoms. The molecule has 3 aromatic heterocycles. The molecule has 3 heteroatoms. The van der Waals surface area contributed by atoms with Gasteiger partial charge in [-0.05, 0) is 0 Å². The topological polar surface area (TPSA) is 13.1 Å². The van der Waals surface area contributed by atoms with Gasteiger partial charge in [-0.3, -0.25) is 0 Å². The van der Waals surface area contributed by atoms with Gasteiger partial charge in [0.05, 0.1) is 0 Å². The van der Waals surface area contributed by atoms with Gasteiger partial charge in [0.2, 0.25) is 0 Å². The molecule has 3 rings (SSSR count). The minimum absolute atomic E-state index is 0.461. The summed E-state index contributed by atoms with van der Waals surface area (Å²) in [5.74, 6) is 2.08. The first kappa shape index (κ1) is 9.50. The summed E-state index contributed by atoms with van der Waals surface area (Å²) in [4.78, 5) is 4.43. The zero-order valence-corrected chi connectivity index (χ0v) is 11.3. The Morgan fingerprint density at radius 3 is 1.67 bits per heavy atom. The second kappa shape index (κ2) is 4.03. The molecule has 1 nitrogen and oxygen atoms in total. The van der Waals surface area contributed by atoms with Gasteiger partial charge in [0.25, 0.3) is 0 Å². The van der Waals surface area contributed by atoms with Crippen molar-refractivity contribution < 1.29 is 4.42 Å². The van der Waals surface area contributed by atoms with Crippen LogP contribution in [0.2, 0.25) is 0 Å². The first-order valence-corrected chi connectivity index (χ1v) is 8.30. The van der Waals surface area contributed by atoms with E-state index in [4.69, 9.17) is 4.42 Å². The van der Waals surface area contributed by atoms with Crippen molar-refractivity contribution in [3.63, 3.8) is 0 Å². The van der Waals surface area contributed by atoms with Crippen LogP contribution in [0.4, 0.5) is 0 Å². The van der Waals surface area contributed by atoms with E-state index in [0.717, 1.165) is 11.5 Å². The van der Waals surface area contributed by atoms with Gasteiger partial charge >= 0.3 is 100 Å². The summed E-state index contributed by atoms with van der Waals surface area (Å²) < 4.78 is 8.55. The molecule has 74 valence electrons. The number of furan rings is 1. The molecular weight excluding hydrogens is 318 g/mol. The first-order chi connectivity index (χ1) is 7.43. The van der Waals surface area contributed by atoms with Crippen molar-refractivity contribution in [2.75, 3.05) is 0 Å². The van der Waals surface area contributed by atoms with Crippen LogP contribution in [-0.2, 0) is 0 Å². The van der Waals surface area contributed by atoms with Gasteiger partial charge in [0.1, 0.15) is 0 Å². The molecule has 0 aliphatic carbocycles. The van der Waals surface area contributed by atoms with Crippen LogP contribution in [0.3, 0.4) is 0 Å². The number of hydrogen-bond donors (Lipinski definition) is 0. The monoisotopic (exact) mass is 328 g/mol. The molecule has 0 aromatic carbocycles. The molecule has 3 aromatic rings. The third-order valence-corrected chi connectivity index (χ3v) is 5.85. The molecule has 0 bridgehead atoms. The SMILES string of the molecule is c1c[se]c(-c2ccc(-c3ccc[se]3)o2)c1. The summed E-state index contributed by atoms with van der Waals surface area (Å²) in [6.07, 6.45) is 0. The maximum absolute atomic E-state index is 5.87. The second-order valence-corrected chi connectivity index (χ2v) is 7.10. The Labute approximate surface area is 99.9 Å². The van der Waals surface area contributed by atoms with Crippen molar-refractivity contribution in [3.05, 3.63) is 46.3 Å². The van der Waals surface area contributed by atoms with Crippen molar-refractivity contribution >= 4 is 29.0 Å². The van der Waals surface area contributed by atoms with E-state index in [0.29, 0.717) is 29.0 Å². The minimum atomic E-state index is 0.461. The van der Waals surface area contributed by atoms with Gasteiger partial charge in [-0.15, -0.1) is 0 Å². The van der Waals surface area contributed by atoms with E-state index < -0.39 is 0 Å².